The molecule has 0 saturated carbocycles. The minimum absolute atomic E-state index is 0.132. The SMILES string of the molecule is CCCCC(=O)N1CCN2C(=O)c3c(Nc4ccccc4C(C)C)cc(-c4c(C)ccc5[nH]ncc45)c(Cl)c3OC[C@H]2C1. The minimum Gasteiger partial charge on any atom is -0.489 e. The number of benzene rings is 3. The Morgan fingerprint density at radius 2 is 1.98 bits per heavy atom. The fourth-order valence-corrected chi connectivity index (χ4v) is 6.61. The van der Waals surface area contributed by atoms with Crippen molar-refractivity contribution in [2.45, 2.75) is 58.9 Å². The summed E-state index contributed by atoms with van der Waals surface area (Å²) in [5.41, 5.74) is 6.73. The molecular formula is C34H38ClN5O3. The van der Waals surface area contributed by atoms with Crippen molar-refractivity contribution in [2.75, 3.05) is 31.6 Å². The van der Waals surface area contributed by atoms with Gasteiger partial charge in [0.2, 0.25) is 5.91 Å². The van der Waals surface area contributed by atoms with E-state index in [0.717, 1.165) is 51.7 Å². The first-order valence-electron chi connectivity index (χ1n) is 15.2. The molecule has 224 valence electrons. The molecule has 9 heteroatoms. The van der Waals surface area contributed by atoms with Crippen molar-refractivity contribution >= 4 is 45.7 Å². The Labute approximate surface area is 257 Å². The van der Waals surface area contributed by atoms with Gasteiger partial charge < -0.3 is 19.9 Å². The van der Waals surface area contributed by atoms with Crippen molar-refractivity contribution in [3.63, 3.8) is 0 Å². The van der Waals surface area contributed by atoms with Gasteiger partial charge in [0.05, 0.1) is 28.5 Å². The molecule has 1 saturated heterocycles. The van der Waals surface area contributed by atoms with E-state index in [4.69, 9.17) is 16.3 Å². The average Bonchev–Trinajstić information content (AvgIpc) is 3.43. The number of nitrogens with one attached hydrogen (secondary N) is 2. The lowest BCUT2D eigenvalue weighted by Gasteiger charge is -2.40. The van der Waals surface area contributed by atoms with Crippen LogP contribution in [0.25, 0.3) is 22.0 Å². The van der Waals surface area contributed by atoms with Crippen LogP contribution in [0.15, 0.2) is 48.7 Å². The number of fused-ring (bicyclic) bond motifs is 3. The number of ether oxygens (including phenoxy) is 1. The van der Waals surface area contributed by atoms with Gasteiger partial charge in [-0.1, -0.05) is 63.1 Å². The van der Waals surface area contributed by atoms with Crippen LogP contribution in [-0.4, -0.2) is 64.1 Å². The van der Waals surface area contributed by atoms with Crippen molar-refractivity contribution in [1.29, 1.82) is 0 Å². The van der Waals surface area contributed by atoms with E-state index < -0.39 is 0 Å². The molecule has 1 aromatic heterocycles. The molecule has 4 aromatic rings. The zero-order valence-corrected chi connectivity index (χ0v) is 25.9. The highest BCUT2D eigenvalue weighted by atomic mass is 35.5. The number of unbranched alkanes of at least 4 members (excludes halogenated alkanes) is 1. The van der Waals surface area contributed by atoms with Gasteiger partial charge in [-0.3, -0.25) is 14.7 Å². The van der Waals surface area contributed by atoms with Crippen LogP contribution in [0.4, 0.5) is 11.4 Å². The van der Waals surface area contributed by atoms with Crippen LogP contribution in [0, 0.1) is 6.92 Å². The molecule has 1 fully saturated rings. The zero-order chi connectivity index (χ0) is 30.2. The van der Waals surface area contributed by atoms with E-state index in [-0.39, 0.29) is 30.4 Å². The maximum absolute atomic E-state index is 14.4. The molecule has 0 radical (unpaired) electrons. The summed E-state index contributed by atoms with van der Waals surface area (Å²) in [5.74, 6) is 0.624. The van der Waals surface area contributed by atoms with Crippen LogP contribution in [0.5, 0.6) is 5.75 Å². The van der Waals surface area contributed by atoms with Crippen LogP contribution >= 0.6 is 11.6 Å². The molecule has 43 heavy (non-hydrogen) atoms. The van der Waals surface area contributed by atoms with Crippen molar-refractivity contribution in [1.82, 2.24) is 20.0 Å². The second kappa shape index (κ2) is 11.9. The van der Waals surface area contributed by atoms with Gasteiger partial charge in [-0.2, -0.15) is 5.10 Å². The first kappa shape index (κ1) is 29.1. The van der Waals surface area contributed by atoms with Gasteiger partial charge in [-0.25, -0.2) is 0 Å². The molecule has 6 rings (SSSR count). The quantitative estimate of drug-likeness (QED) is 0.233. The normalized spacial score (nSPS) is 16.6. The predicted molar refractivity (Wildman–Crippen MR) is 172 cm³/mol. The van der Waals surface area contributed by atoms with Crippen LogP contribution in [-0.2, 0) is 4.79 Å². The van der Waals surface area contributed by atoms with Gasteiger partial charge in [0.25, 0.3) is 5.91 Å². The molecule has 1 atom stereocenters. The van der Waals surface area contributed by atoms with Crippen LogP contribution in [0.1, 0.15) is 67.4 Å². The lowest BCUT2D eigenvalue weighted by Crippen LogP contribution is -2.57. The maximum Gasteiger partial charge on any atom is 0.260 e. The molecule has 0 aliphatic carbocycles. The van der Waals surface area contributed by atoms with Gasteiger partial charge in [0, 0.05) is 42.7 Å². The fraction of sp³-hybridized carbons (Fsp3) is 0.382. The first-order valence-corrected chi connectivity index (χ1v) is 15.5. The molecular weight excluding hydrogens is 562 g/mol. The summed E-state index contributed by atoms with van der Waals surface area (Å²) in [7, 11) is 0. The number of para-hydroxylation sites is 1. The Kier molecular flexibility index (Phi) is 8.05. The van der Waals surface area contributed by atoms with Crippen molar-refractivity contribution in [3.05, 3.63) is 70.4 Å². The van der Waals surface area contributed by atoms with Gasteiger partial charge in [-0.15, -0.1) is 0 Å². The number of nitrogens with zero attached hydrogens (tertiary/aromatic N) is 3. The second-order valence-electron chi connectivity index (χ2n) is 11.9. The standard InChI is InChI=1S/C34H38ClN5O3/c1-5-6-11-29(41)39-14-15-40-22(18-39)19-43-33-31(34(40)42)28(37-26-10-8-7-9-23(26)20(2)3)16-24(32(33)35)30-21(4)12-13-27-25(30)17-36-38-27/h7-10,12-13,16-17,20,22,37H,5-6,11,14-15,18-19H2,1-4H3,(H,36,38)/t22-/m1/s1. The van der Waals surface area contributed by atoms with E-state index in [1.807, 2.05) is 53.1 Å². The van der Waals surface area contributed by atoms with Crippen LogP contribution < -0.4 is 10.1 Å². The van der Waals surface area contributed by atoms with Crippen molar-refractivity contribution < 1.29 is 14.3 Å². The Morgan fingerprint density at radius 3 is 2.77 bits per heavy atom. The third kappa shape index (κ3) is 5.33. The van der Waals surface area contributed by atoms with E-state index in [0.29, 0.717) is 48.1 Å². The number of aromatic amines is 1. The summed E-state index contributed by atoms with van der Waals surface area (Å²) >= 11 is 7.21. The lowest BCUT2D eigenvalue weighted by molar-refractivity contribution is -0.134. The molecule has 0 bridgehead atoms. The maximum atomic E-state index is 14.4. The predicted octanol–water partition coefficient (Wildman–Crippen LogP) is 7.29. The number of aromatic nitrogens is 2. The van der Waals surface area contributed by atoms with Crippen molar-refractivity contribution in [2.24, 2.45) is 0 Å². The minimum atomic E-state index is -0.270. The van der Waals surface area contributed by atoms with E-state index in [1.165, 1.54) is 0 Å². The number of carbonyl (C=O) groups is 2. The number of H-pyrrole nitrogens is 1. The fourth-order valence-electron chi connectivity index (χ4n) is 6.31. The highest BCUT2D eigenvalue weighted by Gasteiger charge is 2.39. The van der Waals surface area contributed by atoms with E-state index in [9.17, 15) is 9.59 Å². The summed E-state index contributed by atoms with van der Waals surface area (Å²) in [6, 6.07) is 13.9. The second-order valence-corrected chi connectivity index (χ2v) is 12.2. The topological polar surface area (TPSA) is 90.6 Å². The largest absolute Gasteiger partial charge is 0.489 e. The molecule has 2 aliphatic heterocycles. The van der Waals surface area contributed by atoms with E-state index in [1.54, 1.807) is 6.20 Å². The van der Waals surface area contributed by atoms with Crippen LogP contribution in [0.2, 0.25) is 5.02 Å². The molecule has 3 heterocycles. The molecule has 3 aromatic carbocycles. The summed E-state index contributed by atoms with van der Waals surface area (Å²) in [6.45, 7) is 10.1. The zero-order valence-electron chi connectivity index (χ0n) is 25.2. The van der Waals surface area contributed by atoms with Crippen LogP contribution in [0.3, 0.4) is 0 Å². The smallest absolute Gasteiger partial charge is 0.260 e. The van der Waals surface area contributed by atoms with Gasteiger partial charge >= 0.3 is 0 Å². The Hall–Kier alpha value is -4.04. The molecule has 2 amide bonds. The third-order valence-corrected chi connectivity index (χ3v) is 9.02. The summed E-state index contributed by atoms with van der Waals surface area (Å²) in [6.07, 6.45) is 4.15. The Bertz CT molecular complexity index is 1700. The highest BCUT2D eigenvalue weighted by molar-refractivity contribution is 6.36. The molecule has 0 spiro atoms. The number of amides is 2. The van der Waals surface area contributed by atoms with E-state index >= 15 is 0 Å². The molecule has 0 unspecified atom stereocenters. The lowest BCUT2D eigenvalue weighted by atomic mass is 9.93. The number of rotatable bonds is 7. The van der Waals surface area contributed by atoms with Gasteiger partial charge in [0.15, 0.2) is 5.75 Å². The number of aryl methyl sites for hydroxylation is 1. The first-order chi connectivity index (χ1) is 20.8. The molecule has 2 aliphatic rings. The van der Waals surface area contributed by atoms with E-state index in [2.05, 4.69) is 42.4 Å². The Morgan fingerprint density at radius 1 is 1.16 bits per heavy atom. The summed E-state index contributed by atoms with van der Waals surface area (Å²) < 4.78 is 6.48. The molecule has 8 nitrogen and oxygen atoms in total. The number of halogens is 1. The number of hydrogen-bond donors (Lipinski definition) is 2. The summed E-state index contributed by atoms with van der Waals surface area (Å²) in [4.78, 5) is 31.0. The monoisotopic (exact) mass is 599 g/mol. The third-order valence-electron chi connectivity index (χ3n) is 8.65. The van der Waals surface area contributed by atoms with Crippen molar-refractivity contribution in [3.8, 4) is 16.9 Å². The van der Waals surface area contributed by atoms with Gasteiger partial charge in [0.1, 0.15) is 12.2 Å². The number of carbonyl (C=O) groups excluding carboxylic acids is 2. The Balaban J connectivity index is 1.48. The van der Waals surface area contributed by atoms with Gasteiger partial charge in [-0.05, 0) is 54.2 Å². The molecule has 2 N–H and O–H groups in total. The number of piperazine rings is 1. The average molecular weight is 600 g/mol. The number of anilines is 2. The highest BCUT2D eigenvalue weighted by Crippen LogP contribution is 2.47. The summed E-state index contributed by atoms with van der Waals surface area (Å²) in [5, 5.41) is 12.3. The number of hydrogen-bond acceptors (Lipinski definition) is 5.